The summed E-state index contributed by atoms with van der Waals surface area (Å²) in [7, 11) is 0. The lowest BCUT2D eigenvalue weighted by molar-refractivity contribution is 0.291. The number of hydrogen-bond donors (Lipinski definition) is 0. The summed E-state index contributed by atoms with van der Waals surface area (Å²) in [5, 5.41) is 0. The molecular formula is C14H20IN. The molecule has 88 valence electrons. The highest BCUT2D eigenvalue weighted by Gasteiger charge is 2.16. The second-order valence-electron chi connectivity index (χ2n) is 4.73. The summed E-state index contributed by atoms with van der Waals surface area (Å²) < 4.78 is 2.42. The summed E-state index contributed by atoms with van der Waals surface area (Å²) in [6.07, 6.45) is 6.83. The molecule has 2 rings (SSSR count). The molecule has 16 heavy (non-hydrogen) atoms. The van der Waals surface area contributed by atoms with E-state index < -0.39 is 0 Å². The van der Waals surface area contributed by atoms with Gasteiger partial charge in [-0.15, -0.1) is 0 Å². The van der Waals surface area contributed by atoms with Crippen LogP contribution in [0.4, 0.5) is 0 Å². The largest absolute Gasteiger partial charge is 0.248 e. The van der Waals surface area contributed by atoms with Gasteiger partial charge in [0.05, 0.1) is 0 Å². The number of aryl methyl sites for hydroxylation is 1. The quantitative estimate of drug-likeness (QED) is 0.594. The van der Waals surface area contributed by atoms with Crippen LogP contribution in [0.5, 0.6) is 0 Å². The summed E-state index contributed by atoms with van der Waals surface area (Å²) in [5.41, 5.74) is 1.49. The molecule has 2 heteroatoms. The SMILES string of the molecule is IN1CCC(CCCc2ccccc2)CC1. The molecule has 0 spiro atoms. The monoisotopic (exact) mass is 329 g/mol. The van der Waals surface area contributed by atoms with Gasteiger partial charge in [0.2, 0.25) is 0 Å². The van der Waals surface area contributed by atoms with Gasteiger partial charge in [0, 0.05) is 36.0 Å². The first-order valence-electron chi connectivity index (χ1n) is 6.29. The average molecular weight is 329 g/mol. The number of halogens is 1. The van der Waals surface area contributed by atoms with E-state index >= 15 is 0 Å². The fourth-order valence-electron chi connectivity index (χ4n) is 2.43. The molecule has 0 aromatic heterocycles. The molecule has 0 atom stereocenters. The van der Waals surface area contributed by atoms with Crippen LogP contribution in [0.25, 0.3) is 0 Å². The molecule has 1 aromatic carbocycles. The van der Waals surface area contributed by atoms with Crippen molar-refractivity contribution in [2.75, 3.05) is 13.1 Å². The first kappa shape index (κ1) is 12.4. The topological polar surface area (TPSA) is 3.24 Å². The van der Waals surface area contributed by atoms with Crippen molar-refractivity contribution in [3.8, 4) is 0 Å². The molecule has 0 aliphatic carbocycles. The Morgan fingerprint density at radius 2 is 1.81 bits per heavy atom. The third-order valence-electron chi connectivity index (χ3n) is 3.48. The van der Waals surface area contributed by atoms with Gasteiger partial charge in [0.25, 0.3) is 0 Å². The first-order valence-corrected chi connectivity index (χ1v) is 7.26. The normalized spacial score (nSPS) is 18.8. The zero-order chi connectivity index (χ0) is 11.2. The van der Waals surface area contributed by atoms with Gasteiger partial charge in [-0.3, -0.25) is 0 Å². The van der Waals surface area contributed by atoms with Crippen molar-refractivity contribution < 1.29 is 0 Å². The zero-order valence-corrected chi connectivity index (χ0v) is 11.9. The minimum atomic E-state index is 0.981. The molecule has 1 heterocycles. The lowest BCUT2D eigenvalue weighted by Crippen LogP contribution is -2.25. The summed E-state index contributed by atoms with van der Waals surface area (Å²) in [6, 6.07) is 10.9. The van der Waals surface area contributed by atoms with Crippen LogP contribution < -0.4 is 0 Å². The predicted molar refractivity (Wildman–Crippen MR) is 77.7 cm³/mol. The second kappa shape index (κ2) is 6.60. The molecule has 1 fully saturated rings. The van der Waals surface area contributed by atoms with Gasteiger partial charge in [-0.05, 0) is 37.2 Å². The molecule has 1 aromatic rings. The van der Waals surface area contributed by atoms with E-state index in [1.165, 1.54) is 50.8 Å². The van der Waals surface area contributed by atoms with Gasteiger partial charge in [0.15, 0.2) is 0 Å². The Balaban J connectivity index is 1.65. The minimum absolute atomic E-state index is 0.981. The van der Waals surface area contributed by atoms with E-state index in [-0.39, 0.29) is 0 Å². The third-order valence-corrected chi connectivity index (χ3v) is 4.45. The van der Waals surface area contributed by atoms with Crippen molar-refractivity contribution in [1.82, 2.24) is 3.11 Å². The van der Waals surface area contributed by atoms with Crippen LogP contribution >= 0.6 is 22.9 Å². The maximum atomic E-state index is 2.45. The van der Waals surface area contributed by atoms with Crippen molar-refractivity contribution in [2.45, 2.75) is 32.1 Å². The van der Waals surface area contributed by atoms with E-state index in [9.17, 15) is 0 Å². The van der Waals surface area contributed by atoms with Gasteiger partial charge < -0.3 is 0 Å². The van der Waals surface area contributed by atoms with Gasteiger partial charge in [-0.1, -0.05) is 36.8 Å². The van der Waals surface area contributed by atoms with E-state index in [0.29, 0.717) is 0 Å². The Morgan fingerprint density at radius 3 is 2.50 bits per heavy atom. The van der Waals surface area contributed by atoms with Crippen molar-refractivity contribution in [1.29, 1.82) is 0 Å². The second-order valence-corrected chi connectivity index (χ2v) is 6.10. The number of benzene rings is 1. The van der Waals surface area contributed by atoms with Crippen LogP contribution in [0.1, 0.15) is 31.2 Å². The molecule has 0 amide bonds. The van der Waals surface area contributed by atoms with Crippen LogP contribution in [0.2, 0.25) is 0 Å². The fraction of sp³-hybridized carbons (Fsp3) is 0.571. The van der Waals surface area contributed by atoms with E-state index in [2.05, 4.69) is 56.3 Å². The van der Waals surface area contributed by atoms with E-state index in [1.807, 2.05) is 0 Å². The highest BCUT2D eigenvalue weighted by Crippen LogP contribution is 2.24. The zero-order valence-electron chi connectivity index (χ0n) is 9.74. The van der Waals surface area contributed by atoms with Crippen molar-refractivity contribution >= 4 is 22.9 Å². The Labute approximate surface area is 113 Å². The molecule has 1 aliphatic heterocycles. The molecule has 1 nitrogen and oxygen atoms in total. The Hall–Kier alpha value is -0.0900. The third kappa shape index (κ3) is 4.06. The molecule has 0 N–H and O–H groups in total. The van der Waals surface area contributed by atoms with E-state index in [4.69, 9.17) is 0 Å². The van der Waals surface area contributed by atoms with Crippen molar-refractivity contribution in [3.63, 3.8) is 0 Å². The standard InChI is InChI=1S/C14H20IN/c15-16-11-9-14(10-12-16)8-4-7-13-5-2-1-3-6-13/h1-3,5-6,14H,4,7-12H2. The molecule has 1 saturated heterocycles. The lowest BCUT2D eigenvalue weighted by atomic mass is 9.92. The van der Waals surface area contributed by atoms with Crippen LogP contribution in [-0.4, -0.2) is 16.2 Å². The molecule has 0 unspecified atom stereocenters. The number of piperidine rings is 1. The average Bonchev–Trinajstić information content (AvgIpc) is 2.33. The van der Waals surface area contributed by atoms with Crippen LogP contribution in [0.3, 0.4) is 0 Å². The summed E-state index contributed by atoms with van der Waals surface area (Å²) in [4.78, 5) is 0. The minimum Gasteiger partial charge on any atom is -0.248 e. The van der Waals surface area contributed by atoms with Gasteiger partial charge in [-0.25, -0.2) is 3.11 Å². The van der Waals surface area contributed by atoms with E-state index in [1.54, 1.807) is 0 Å². The van der Waals surface area contributed by atoms with Gasteiger partial charge >= 0.3 is 0 Å². The highest BCUT2D eigenvalue weighted by atomic mass is 127. The maximum absolute atomic E-state index is 2.45. The molecule has 1 aliphatic rings. The van der Waals surface area contributed by atoms with Crippen LogP contribution in [0.15, 0.2) is 30.3 Å². The molecular weight excluding hydrogens is 309 g/mol. The molecule has 0 radical (unpaired) electrons. The first-order chi connectivity index (χ1) is 7.84. The maximum Gasteiger partial charge on any atom is 0.0201 e. The van der Waals surface area contributed by atoms with Crippen molar-refractivity contribution in [2.24, 2.45) is 5.92 Å². The van der Waals surface area contributed by atoms with Gasteiger partial charge in [-0.2, -0.15) is 0 Å². The van der Waals surface area contributed by atoms with E-state index in [0.717, 1.165) is 5.92 Å². The van der Waals surface area contributed by atoms with Crippen molar-refractivity contribution in [3.05, 3.63) is 35.9 Å². The number of rotatable bonds is 4. The Bertz CT molecular complexity index is 291. The Kier molecular flexibility index (Phi) is 5.10. The lowest BCUT2D eigenvalue weighted by Gasteiger charge is -2.27. The van der Waals surface area contributed by atoms with Crippen LogP contribution in [0, 0.1) is 5.92 Å². The molecule has 0 saturated carbocycles. The summed E-state index contributed by atoms with van der Waals surface area (Å²) in [6.45, 7) is 2.58. The highest BCUT2D eigenvalue weighted by molar-refractivity contribution is 14.1. The molecule has 0 bridgehead atoms. The number of nitrogens with zero attached hydrogens (tertiary/aromatic N) is 1. The fourth-order valence-corrected chi connectivity index (χ4v) is 2.99. The van der Waals surface area contributed by atoms with Crippen LogP contribution in [-0.2, 0) is 6.42 Å². The van der Waals surface area contributed by atoms with Gasteiger partial charge in [0.1, 0.15) is 0 Å². The predicted octanol–water partition coefficient (Wildman–Crippen LogP) is 4.07. The summed E-state index contributed by atoms with van der Waals surface area (Å²) >= 11 is 2.45. The summed E-state index contributed by atoms with van der Waals surface area (Å²) in [5.74, 6) is 0.981. The number of hydrogen-bond acceptors (Lipinski definition) is 1. The Morgan fingerprint density at radius 1 is 1.12 bits per heavy atom. The smallest absolute Gasteiger partial charge is 0.0201 e.